The molecule has 2 rings (SSSR count). The quantitative estimate of drug-likeness (QED) is 0.450. The Labute approximate surface area is 162 Å². The number of hydrazone groups is 1. The van der Waals surface area contributed by atoms with E-state index in [0.717, 1.165) is 5.75 Å². The zero-order valence-electron chi connectivity index (χ0n) is 15.6. The summed E-state index contributed by atoms with van der Waals surface area (Å²) < 4.78 is 16.1. The summed E-state index contributed by atoms with van der Waals surface area (Å²) in [5, 5.41) is 6.40. The minimum absolute atomic E-state index is 0.194. The zero-order chi connectivity index (χ0) is 20.4. The van der Waals surface area contributed by atoms with Gasteiger partial charge in [0.15, 0.2) is 18.1 Å². The molecule has 9 heteroatoms. The highest BCUT2D eigenvalue weighted by molar-refractivity contribution is 5.92. The molecule has 9 nitrogen and oxygen atoms in total. The summed E-state index contributed by atoms with van der Waals surface area (Å²) in [6, 6.07) is 11.2. The third-order valence-corrected chi connectivity index (χ3v) is 3.38. The minimum atomic E-state index is -0.762. The maximum atomic E-state index is 12.1. The summed E-state index contributed by atoms with van der Waals surface area (Å²) in [6.07, 6.45) is 1.40. The van der Waals surface area contributed by atoms with Crippen LogP contribution in [0.15, 0.2) is 47.6 Å². The molecule has 148 valence electrons. The lowest BCUT2D eigenvalue weighted by molar-refractivity contribution is -0.118. The molecule has 0 saturated carbocycles. The van der Waals surface area contributed by atoms with Gasteiger partial charge in [0.25, 0.3) is 5.91 Å². The van der Waals surface area contributed by atoms with Crippen LogP contribution in [0.3, 0.4) is 0 Å². The fraction of sp³-hybridized carbons (Fsp3) is 0.211. The number of hydrogen-bond donors (Lipinski definition) is 3. The van der Waals surface area contributed by atoms with Crippen molar-refractivity contribution >= 4 is 23.8 Å². The Balaban J connectivity index is 1.92. The maximum Gasteiger partial charge on any atom is 0.332 e. The van der Waals surface area contributed by atoms with Crippen molar-refractivity contribution in [1.29, 1.82) is 0 Å². The summed E-state index contributed by atoms with van der Waals surface area (Å²) in [5.41, 5.74) is 8.31. The van der Waals surface area contributed by atoms with Crippen molar-refractivity contribution in [2.24, 2.45) is 10.8 Å². The number of nitrogens with zero attached hydrogens (tertiary/aromatic N) is 1. The second-order valence-corrected chi connectivity index (χ2v) is 5.44. The number of nitrogens with one attached hydrogen (secondary N) is 2. The van der Waals surface area contributed by atoms with Crippen LogP contribution in [0.4, 0.5) is 10.5 Å². The minimum Gasteiger partial charge on any atom is -0.494 e. The lowest BCUT2D eigenvalue weighted by Gasteiger charge is -2.12. The molecule has 0 aliphatic heterocycles. The highest BCUT2D eigenvalue weighted by atomic mass is 16.5. The topological polar surface area (TPSA) is 124 Å². The largest absolute Gasteiger partial charge is 0.494 e. The average molecular weight is 386 g/mol. The molecule has 0 radical (unpaired) electrons. The first-order valence-corrected chi connectivity index (χ1v) is 8.44. The van der Waals surface area contributed by atoms with Gasteiger partial charge >= 0.3 is 6.03 Å². The number of benzene rings is 2. The van der Waals surface area contributed by atoms with Gasteiger partial charge in [0, 0.05) is 5.69 Å². The van der Waals surface area contributed by atoms with E-state index in [2.05, 4.69) is 15.8 Å². The van der Waals surface area contributed by atoms with Gasteiger partial charge in [-0.25, -0.2) is 10.2 Å². The Kier molecular flexibility index (Phi) is 7.64. The highest BCUT2D eigenvalue weighted by Gasteiger charge is 2.09. The van der Waals surface area contributed by atoms with Crippen LogP contribution in [0.25, 0.3) is 0 Å². The Morgan fingerprint density at radius 3 is 2.50 bits per heavy atom. The van der Waals surface area contributed by atoms with E-state index < -0.39 is 6.03 Å². The monoisotopic (exact) mass is 386 g/mol. The van der Waals surface area contributed by atoms with Gasteiger partial charge in [-0.3, -0.25) is 4.79 Å². The van der Waals surface area contributed by atoms with E-state index >= 15 is 0 Å². The van der Waals surface area contributed by atoms with Crippen molar-refractivity contribution in [3.8, 4) is 17.2 Å². The third kappa shape index (κ3) is 6.52. The molecule has 3 amide bonds. The molecule has 2 aromatic rings. The number of anilines is 1. The van der Waals surface area contributed by atoms with Gasteiger partial charge in [-0.2, -0.15) is 5.10 Å². The van der Waals surface area contributed by atoms with Crippen LogP contribution in [-0.2, 0) is 4.79 Å². The lowest BCUT2D eigenvalue weighted by atomic mass is 10.2. The molecule has 0 bridgehead atoms. The van der Waals surface area contributed by atoms with E-state index in [-0.39, 0.29) is 12.5 Å². The van der Waals surface area contributed by atoms with Gasteiger partial charge in [0.05, 0.1) is 19.9 Å². The first-order valence-electron chi connectivity index (χ1n) is 8.44. The van der Waals surface area contributed by atoms with Crippen molar-refractivity contribution in [2.45, 2.75) is 6.92 Å². The second kappa shape index (κ2) is 10.4. The Hall–Kier alpha value is -3.75. The second-order valence-electron chi connectivity index (χ2n) is 5.44. The number of rotatable bonds is 9. The summed E-state index contributed by atoms with van der Waals surface area (Å²) in [7, 11) is 1.48. The van der Waals surface area contributed by atoms with Crippen molar-refractivity contribution < 1.29 is 23.8 Å². The maximum absolute atomic E-state index is 12.1. The third-order valence-electron chi connectivity index (χ3n) is 3.38. The normalized spacial score (nSPS) is 10.4. The molecule has 0 unspecified atom stereocenters. The average Bonchev–Trinajstić information content (AvgIpc) is 2.68. The zero-order valence-corrected chi connectivity index (χ0v) is 15.6. The van der Waals surface area contributed by atoms with Gasteiger partial charge in [-0.05, 0) is 55.0 Å². The summed E-state index contributed by atoms with van der Waals surface area (Å²) in [4.78, 5) is 22.7. The van der Waals surface area contributed by atoms with Gasteiger partial charge < -0.3 is 25.3 Å². The first kappa shape index (κ1) is 20.6. The lowest BCUT2D eigenvalue weighted by Crippen LogP contribution is -2.24. The van der Waals surface area contributed by atoms with Gasteiger partial charge in [0.2, 0.25) is 0 Å². The van der Waals surface area contributed by atoms with E-state index in [1.165, 1.54) is 13.3 Å². The molecule has 0 fully saturated rings. The van der Waals surface area contributed by atoms with Gasteiger partial charge in [0.1, 0.15) is 5.75 Å². The number of ether oxygens (including phenoxy) is 3. The van der Waals surface area contributed by atoms with Crippen LogP contribution in [0, 0.1) is 0 Å². The molecule has 2 aromatic carbocycles. The molecule has 0 aromatic heterocycles. The molecular weight excluding hydrogens is 364 g/mol. The van der Waals surface area contributed by atoms with Crippen molar-refractivity contribution in [3.63, 3.8) is 0 Å². The standard InChI is InChI=1S/C19H22N4O5/c1-3-27-15-7-5-14(6-8-15)22-18(24)12-28-16-9-4-13(10-17(16)26-2)11-21-23-19(20)25/h4-11H,3,12H2,1-2H3,(H,22,24)(H3,20,23,25)/b21-11-. The van der Waals surface area contributed by atoms with Crippen molar-refractivity contribution in [2.75, 3.05) is 25.6 Å². The van der Waals surface area contributed by atoms with Crippen molar-refractivity contribution in [3.05, 3.63) is 48.0 Å². The van der Waals surface area contributed by atoms with Crippen LogP contribution in [0.2, 0.25) is 0 Å². The summed E-state index contributed by atoms with van der Waals surface area (Å²) in [6.45, 7) is 2.28. The van der Waals surface area contributed by atoms with Crippen LogP contribution < -0.4 is 30.7 Å². The number of methoxy groups -OCH3 is 1. The summed E-state index contributed by atoms with van der Waals surface area (Å²) in [5.74, 6) is 1.22. The molecule has 0 atom stereocenters. The van der Waals surface area contributed by atoms with E-state index in [0.29, 0.717) is 29.4 Å². The first-order chi connectivity index (χ1) is 13.5. The molecule has 0 heterocycles. The molecular formula is C19H22N4O5. The smallest absolute Gasteiger partial charge is 0.332 e. The van der Waals surface area contributed by atoms with Gasteiger partial charge in [-0.1, -0.05) is 0 Å². The Morgan fingerprint density at radius 2 is 1.86 bits per heavy atom. The van der Waals surface area contributed by atoms with Crippen LogP contribution in [0.5, 0.6) is 17.2 Å². The number of carbonyl (C=O) groups is 2. The van der Waals surface area contributed by atoms with Crippen LogP contribution >= 0.6 is 0 Å². The predicted octanol–water partition coefficient (Wildman–Crippen LogP) is 2.11. The number of carbonyl (C=O) groups excluding carboxylic acids is 2. The van der Waals surface area contributed by atoms with E-state index in [1.807, 2.05) is 6.92 Å². The molecule has 4 N–H and O–H groups in total. The van der Waals surface area contributed by atoms with Gasteiger partial charge in [-0.15, -0.1) is 0 Å². The number of nitrogens with two attached hydrogens (primary N) is 1. The molecule has 28 heavy (non-hydrogen) atoms. The fourth-order valence-corrected chi connectivity index (χ4v) is 2.20. The Morgan fingerprint density at radius 1 is 1.11 bits per heavy atom. The predicted molar refractivity (Wildman–Crippen MR) is 105 cm³/mol. The van der Waals surface area contributed by atoms with Crippen molar-refractivity contribution in [1.82, 2.24) is 5.43 Å². The number of amides is 3. The van der Waals surface area contributed by atoms with Crippen LogP contribution in [0.1, 0.15) is 12.5 Å². The number of urea groups is 1. The number of hydrogen-bond acceptors (Lipinski definition) is 6. The Bertz CT molecular complexity index is 837. The number of primary amides is 1. The van der Waals surface area contributed by atoms with Crippen LogP contribution in [-0.4, -0.2) is 38.5 Å². The molecule has 0 aliphatic rings. The van der Waals surface area contributed by atoms with E-state index in [4.69, 9.17) is 19.9 Å². The van der Waals surface area contributed by atoms with E-state index in [9.17, 15) is 9.59 Å². The molecule has 0 saturated heterocycles. The summed E-state index contributed by atoms with van der Waals surface area (Å²) >= 11 is 0. The molecule has 0 spiro atoms. The highest BCUT2D eigenvalue weighted by Crippen LogP contribution is 2.27. The molecule has 0 aliphatic carbocycles. The SMILES string of the molecule is CCOc1ccc(NC(=O)COc2ccc(/C=N\NC(N)=O)cc2OC)cc1. The van der Waals surface area contributed by atoms with E-state index in [1.54, 1.807) is 42.5 Å². The fourth-order valence-electron chi connectivity index (χ4n) is 2.20.